The van der Waals surface area contributed by atoms with Gasteiger partial charge < -0.3 is 0 Å². The second-order valence-electron chi connectivity index (χ2n) is 4.05. The van der Waals surface area contributed by atoms with Crippen LogP contribution in [-0.4, -0.2) is 36.5 Å². The minimum Gasteiger partial charge on any atom is -0.298 e. The van der Waals surface area contributed by atoms with Crippen LogP contribution in [0.25, 0.3) is 10.6 Å². The van der Waals surface area contributed by atoms with Crippen LogP contribution in [0.4, 0.5) is 0 Å². The fraction of sp³-hybridized carbons (Fsp3) is 0.273. The Morgan fingerprint density at radius 3 is 2.74 bits per heavy atom. The maximum Gasteiger partial charge on any atom is 0.153 e. The molecule has 0 aromatic carbocycles. The predicted molar refractivity (Wildman–Crippen MR) is 78.3 cm³/mol. The molecule has 5 nitrogen and oxygen atoms in total. The Morgan fingerprint density at radius 1 is 1.47 bits per heavy atom. The third kappa shape index (κ3) is 3.74. The topological polar surface area (TPSA) is 69.0 Å². The van der Waals surface area contributed by atoms with Crippen molar-refractivity contribution in [3.8, 4) is 10.6 Å². The molecule has 0 aliphatic carbocycles. The van der Waals surface area contributed by atoms with Crippen LogP contribution in [0.15, 0.2) is 22.1 Å². The third-order valence-electron chi connectivity index (χ3n) is 2.41. The number of aromatic nitrogens is 2. The van der Waals surface area contributed by atoms with E-state index in [0.29, 0.717) is 11.3 Å². The maximum absolute atomic E-state index is 11.1. The van der Waals surface area contributed by atoms with E-state index in [-0.39, 0.29) is 12.3 Å². The van der Waals surface area contributed by atoms with E-state index in [9.17, 15) is 13.2 Å². The van der Waals surface area contributed by atoms with Crippen molar-refractivity contribution in [3.63, 3.8) is 0 Å². The lowest BCUT2D eigenvalue weighted by Crippen LogP contribution is -2.11. The molecule has 0 unspecified atom stereocenters. The van der Waals surface area contributed by atoms with Crippen molar-refractivity contribution in [1.82, 2.24) is 9.78 Å². The van der Waals surface area contributed by atoms with Gasteiger partial charge in [0.05, 0.1) is 26.5 Å². The van der Waals surface area contributed by atoms with Gasteiger partial charge in [0.2, 0.25) is 0 Å². The second-order valence-corrected chi connectivity index (χ2v) is 8.77. The average molecular weight is 363 g/mol. The van der Waals surface area contributed by atoms with Gasteiger partial charge in [0.1, 0.15) is 15.5 Å². The largest absolute Gasteiger partial charge is 0.298 e. The Kier molecular flexibility index (Phi) is 4.22. The number of hydrogen-bond acceptors (Lipinski definition) is 5. The second kappa shape index (κ2) is 5.56. The highest BCUT2D eigenvalue weighted by Gasteiger charge is 2.13. The fourth-order valence-corrected chi connectivity index (χ4v) is 3.44. The van der Waals surface area contributed by atoms with Gasteiger partial charge in [-0.3, -0.25) is 9.48 Å². The zero-order valence-electron chi connectivity index (χ0n) is 10.0. The summed E-state index contributed by atoms with van der Waals surface area (Å²) >= 11 is 4.83. The number of aldehydes is 1. The molecule has 0 amide bonds. The van der Waals surface area contributed by atoms with Crippen LogP contribution in [-0.2, 0) is 16.4 Å². The molecule has 0 aliphatic heterocycles. The molecule has 2 aromatic heterocycles. The lowest BCUT2D eigenvalue weighted by molar-refractivity contribution is 0.112. The van der Waals surface area contributed by atoms with E-state index < -0.39 is 9.84 Å². The number of carbonyl (C=O) groups excluding carboxylic acids is 1. The van der Waals surface area contributed by atoms with Crippen molar-refractivity contribution >= 4 is 43.4 Å². The number of nitrogens with zero attached hydrogens (tertiary/aromatic N) is 2. The molecule has 2 rings (SSSR count). The highest BCUT2D eigenvalue weighted by Crippen LogP contribution is 2.31. The van der Waals surface area contributed by atoms with Crippen LogP contribution in [0, 0.1) is 0 Å². The molecule has 102 valence electrons. The highest BCUT2D eigenvalue weighted by molar-refractivity contribution is 9.11. The molecule has 8 heteroatoms. The Balaban J connectivity index is 2.30. The van der Waals surface area contributed by atoms with Crippen LogP contribution in [0.5, 0.6) is 0 Å². The van der Waals surface area contributed by atoms with Crippen LogP contribution in [0.3, 0.4) is 0 Å². The van der Waals surface area contributed by atoms with E-state index >= 15 is 0 Å². The first-order valence-corrected chi connectivity index (χ1v) is 9.02. The van der Waals surface area contributed by atoms with Crippen molar-refractivity contribution in [3.05, 3.63) is 27.7 Å². The monoisotopic (exact) mass is 362 g/mol. The normalized spacial score (nSPS) is 11.7. The van der Waals surface area contributed by atoms with Gasteiger partial charge in [0, 0.05) is 12.5 Å². The molecule has 0 fully saturated rings. The molecule has 2 heterocycles. The molecule has 0 saturated heterocycles. The summed E-state index contributed by atoms with van der Waals surface area (Å²) in [5, 5.41) is 4.28. The summed E-state index contributed by atoms with van der Waals surface area (Å²) in [6.07, 6.45) is 3.47. The Labute approximate surface area is 123 Å². The fourth-order valence-electron chi connectivity index (χ4n) is 1.53. The summed E-state index contributed by atoms with van der Waals surface area (Å²) in [5.74, 6) is 0.000548. The van der Waals surface area contributed by atoms with Gasteiger partial charge in [0.15, 0.2) is 6.29 Å². The van der Waals surface area contributed by atoms with Crippen molar-refractivity contribution in [1.29, 1.82) is 0 Å². The standard InChI is InChI=1S/C11H11BrN2O3S2/c1-19(16,17)5-4-14-6-8(7-15)11(13-14)9-2-3-10(12)18-9/h2-3,6-7H,4-5H2,1H3. The van der Waals surface area contributed by atoms with Gasteiger partial charge in [-0.15, -0.1) is 11.3 Å². The first-order chi connectivity index (χ1) is 8.89. The van der Waals surface area contributed by atoms with Gasteiger partial charge in [-0.05, 0) is 28.1 Å². The molecular weight excluding hydrogens is 352 g/mol. The van der Waals surface area contributed by atoms with Crippen molar-refractivity contribution in [2.75, 3.05) is 12.0 Å². The summed E-state index contributed by atoms with van der Waals surface area (Å²) in [7, 11) is -3.05. The zero-order chi connectivity index (χ0) is 14.0. The van der Waals surface area contributed by atoms with Gasteiger partial charge in [0.25, 0.3) is 0 Å². The third-order valence-corrected chi connectivity index (χ3v) is 4.97. The number of carbonyl (C=O) groups is 1. The first-order valence-electron chi connectivity index (χ1n) is 5.35. The lowest BCUT2D eigenvalue weighted by Gasteiger charge is -1.98. The molecule has 0 bridgehead atoms. The van der Waals surface area contributed by atoms with E-state index in [1.54, 1.807) is 6.20 Å². The molecule has 2 aromatic rings. The number of halogens is 1. The molecule has 0 spiro atoms. The smallest absolute Gasteiger partial charge is 0.153 e. The summed E-state index contributed by atoms with van der Waals surface area (Å²) in [5.41, 5.74) is 1.04. The van der Waals surface area contributed by atoms with E-state index in [1.807, 2.05) is 12.1 Å². The number of rotatable bonds is 5. The Bertz CT molecular complexity index is 703. The molecule has 19 heavy (non-hydrogen) atoms. The number of thiophene rings is 1. The zero-order valence-corrected chi connectivity index (χ0v) is 13.3. The number of hydrogen-bond donors (Lipinski definition) is 0. The van der Waals surface area contributed by atoms with E-state index in [4.69, 9.17) is 0 Å². The Hall–Kier alpha value is -0.990. The van der Waals surface area contributed by atoms with Gasteiger partial charge in [-0.25, -0.2) is 8.42 Å². The molecule has 0 atom stereocenters. The molecular formula is C11H11BrN2O3S2. The van der Waals surface area contributed by atoms with Crippen molar-refractivity contribution in [2.45, 2.75) is 6.54 Å². The maximum atomic E-state index is 11.1. The summed E-state index contributed by atoms with van der Waals surface area (Å²) in [4.78, 5) is 11.9. The summed E-state index contributed by atoms with van der Waals surface area (Å²) < 4.78 is 24.7. The van der Waals surface area contributed by atoms with Crippen LogP contribution >= 0.6 is 27.3 Å². The van der Waals surface area contributed by atoms with E-state index in [1.165, 1.54) is 22.3 Å². The first kappa shape index (κ1) is 14.4. The van der Waals surface area contributed by atoms with Crippen LogP contribution < -0.4 is 0 Å². The van der Waals surface area contributed by atoms with Gasteiger partial charge >= 0.3 is 0 Å². The quantitative estimate of drug-likeness (QED) is 0.764. The van der Waals surface area contributed by atoms with Crippen LogP contribution in [0.1, 0.15) is 10.4 Å². The van der Waals surface area contributed by atoms with E-state index in [0.717, 1.165) is 14.9 Å². The highest BCUT2D eigenvalue weighted by atomic mass is 79.9. The minimum atomic E-state index is -3.05. The van der Waals surface area contributed by atoms with Crippen LogP contribution in [0.2, 0.25) is 0 Å². The van der Waals surface area contributed by atoms with Crippen molar-refractivity contribution in [2.24, 2.45) is 0 Å². The number of sulfone groups is 1. The Morgan fingerprint density at radius 2 is 2.21 bits per heavy atom. The molecule has 0 radical (unpaired) electrons. The average Bonchev–Trinajstić information content (AvgIpc) is 2.91. The lowest BCUT2D eigenvalue weighted by atomic mass is 10.2. The van der Waals surface area contributed by atoms with Gasteiger partial charge in [-0.2, -0.15) is 5.10 Å². The predicted octanol–water partition coefficient (Wildman–Crippen LogP) is 2.23. The SMILES string of the molecule is CS(=O)(=O)CCn1cc(C=O)c(-c2ccc(Br)s2)n1. The van der Waals surface area contributed by atoms with Gasteiger partial charge in [-0.1, -0.05) is 0 Å². The molecule has 0 N–H and O–H groups in total. The summed E-state index contributed by atoms with van der Waals surface area (Å²) in [6.45, 7) is 0.242. The van der Waals surface area contributed by atoms with Crippen molar-refractivity contribution < 1.29 is 13.2 Å². The minimum absolute atomic E-state index is 0.000548. The number of aryl methyl sites for hydroxylation is 1. The summed E-state index contributed by atoms with van der Waals surface area (Å²) in [6, 6.07) is 3.75. The van der Waals surface area contributed by atoms with E-state index in [2.05, 4.69) is 21.0 Å². The molecule has 0 aliphatic rings. The molecule has 0 saturated carbocycles.